The second-order valence-corrected chi connectivity index (χ2v) is 10.7. The van der Waals surface area contributed by atoms with Gasteiger partial charge in [0.15, 0.2) is 0 Å². The molecule has 0 aromatic rings. The zero-order chi connectivity index (χ0) is 28.8. The lowest BCUT2D eigenvalue weighted by molar-refractivity contribution is -0.193. The van der Waals surface area contributed by atoms with Crippen LogP contribution in [-0.4, -0.2) is 108 Å². The standard InChI is InChI=1S/C13H21F3N2O2.C10H17F3N2O2/c1-5-6-17-7-8-18(9-10(17)13(14,15)16)11(19)20-12(2,3)4;1-9(2,3)17-8(16)15-5-4-14-7(6-15)10(11,12)13/h5,10H,1,6-9H2,2-4H3;7,14H,4-6H2,1-3H3. The van der Waals surface area contributed by atoms with E-state index in [4.69, 9.17) is 9.47 Å². The van der Waals surface area contributed by atoms with E-state index < -0.39 is 60.9 Å². The van der Waals surface area contributed by atoms with Crippen LogP contribution in [0.1, 0.15) is 41.5 Å². The molecular formula is C23H38F6N4O4. The lowest BCUT2D eigenvalue weighted by Crippen LogP contribution is -2.60. The fraction of sp³-hybridized carbons (Fsp3) is 0.826. The van der Waals surface area contributed by atoms with Gasteiger partial charge in [-0.15, -0.1) is 6.58 Å². The molecule has 2 rings (SSSR count). The highest BCUT2D eigenvalue weighted by Gasteiger charge is 2.47. The van der Waals surface area contributed by atoms with Gasteiger partial charge >= 0.3 is 24.5 Å². The van der Waals surface area contributed by atoms with E-state index in [1.165, 1.54) is 11.0 Å². The van der Waals surface area contributed by atoms with Crippen molar-refractivity contribution in [3.8, 4) is 0 Å². The van der Waals surface area contributed by atoms with Gasteiger partial charge in [0.1, 0.15) is 23.3 Å². The van der Waals surface area contributed by atoms with E-state index in [1.807, 2.05) is 0 Å². The van der Waals surface area contributed by atoms with E-state index in [1.54, 1.807) is 41.5 Å². The zero-order valence-corrected chi connectivity index (χ0v) is 22.1. The maximum absolute atomic E-state index is 13.0. The first-order valence-corrected chi connectivity index (χ1v) is 11.8. The molecule has 0 aromatic heterocycles. The van der Waals surface area contributed by atoms with Crippen LogP contribution in [-0.2, 0) is 9.47 Å². The first-order valence-electron chi connectivity index (χ1n) is 11.8. The predicted molar refractivity (Wildman–Crippen MR) is 125 cm³/mol. The fourth-order valence-corrected chi connectivity index (χ4v) is 3.47. The minimum absolute atomic E-state index is 0.115. The molecule has 2 unspecified atom stereocenters. The van der Waals surface area contributed by atoms with Gasteiger partial charge in [-0.2, -0.15) is 26.3 Å². The van der Waals surface area contributed by atoms with Crippen LogP contribution in [0.4, 0.5) is 35.9 Å². The smallest absolute Gasteiger partial charge is 0.410 e. The van der Waals surface area contributed by atoms with Gasteiger partial charge in [0.25, 0.3) is 0 Å². The van der Waals surface area contributed by atoms with Crippen LogP contribution in [0.3, 0.4) is 0 Å². The number of rotatable bonds is 2. The molecule has 0 radical (unpaired) electrons. The molecule has 2 fully saturated rings. The molecular weight excluding hydrogens is 510 g/mol. The van der Waals surface area contributed by atoms with Crippen LogP contribution in [0.15, 0.2) is 12.7 Å². The number of halogens is 6. The average Bonchev–Trinajstić information content (AvgIpc) is 2.71. The molecule has 8 nitrogen and oxygen atoms in total. The molecule has 14 heteroatoms. The van der Waals surface area contributed by atoms with Crippen LogP contribution in [0.2, 0.25) is 0 Å². The molecule has 1 N–H and O–H groups in total. The van der Waals surface area contributed by atoms with Crippen LogP contribution in [0.25, 0.3) is 0 Å². The number of piperazine rings is 2. The summed E-state index contributed by atoms with van der Waals surface area (Å²) in [6.45, 7) is 13.6. The Morgan fingerprint density at radius 3 is 1.73 bits per heavy atom. The Hall–Kier alpha value is -2.22. The molecule has 0 spiro atoms. The van der Waals surface area contributed by atoms with Crippen molar-refractivity contribution in [1.82, 2.24) is 20.0 Å². The summed E-state index contributed by atoms with van der Waals surface area (Å²) in [6, 6.07) is -3.36. The largest absolute Gasteiger partial charge is 0.444 e. The molecule has 2 heterocycles. The summed E-state index contributed by atoms with van der Waals surface area (Å²) in [7, 11) is 0. The maximum Gasteiger partial charge on any atom is 0.410 e. The van der Waals surface area contributed by atoms with Gasteiger partial charge in [-0.3, -0.25) is 4.90 Å². The van der Waals surface area contributed by atoms with Gasteiger partial charge in [-0.1, -0.05) is 6.08 Å². The summed E-state index contributed by atoms with van der Waals surface area (Å²) in [6.07, 6.45) is -8.70. The van der Waals surface area contributed by atoms with Gasteiger partial charge < -0.3 is 24.6 Å². The maximum atomic E-state index is 13.0. The molecule has 2 aliphatic rings. The minimum atomic E-state index is -4.39. The molecule has 0 saturated carbocycles. The van der Waals surface area contributed by atoms with Crippen molar-refractivity contribution in [2.45, 2.75) is 77.2 Å². The van der Waals surface area contributed by atoms with E-state index in [-0.39, 0.29) is 32.7 Å². The Balaban J connectivity index is 0.000000375. The Morgan fingerprint density at radius 2 is 1.32 bits per heavy atom. The topological polar surface area (TPSA) is 74.4 Å². The highest BCUT2D eigenvalue weighted by molar-refractivity contribution is 5.68. The third-order valence-electron chi connectivity index (χ3n) is 5.11. The van der Waals surface area contributed by atoms with Gasteiger partial charge in [0.05, 0.1) is 0 Å². The van der Waals surface area contributed by atoms with Crippen LogP contribution >= 0.6 is 0 Å². The minimum Gasteiger partial charge on any atom is -0.444 e. The van der Waals surface area contributed by atoms with Crippen LogP contribution in [0, 0.1) is 0 Å². The molecule has 216 valence electrons. The van der Waals surface area contributed by atoms with E-state index >= 15 is 0 Å². The quantitative estimate of drug-likeness (QED) is 0.407. The summed E-state index contributed by atoms with van der Waals surface area (Å²) < 4.78 is 86.7. The summed E-state index contributed by atoms with van der Waals surface area (Å²) in [4.78, 5) is 26.9. The zero-order valence-electron chi connectivity index (χ0n) is 22.1. The second-order valence-electron chi connectivity index (χ2n) is 10.7. The molecule has 2 atom stereocenters. The van der Waals surface area contributed by atoms with Crippen molar-refractivity contribution in [3.63, 3.8) is 0 Å². The van der Waals surface area contributed by atoms with E-state index in [2.05, 4.69) is 11.9 Å². The number of amides is 2. The van der Waals surface area contributed by atoms with Crippen LogP contribution < -0.4 is 5.32 Å². The molecule has 0 aromatic carbocycles. The molecule has 2 aliphatic heterocycles. The van der Waals surface area contributed by atoms with Crippen molar-refractivity contribution >= 4 is 12.2 Å². The number of carbonyl (C=O) groups excluding carboxylic acids is 2. The van der Waals surface area contributed by atoms with E-state index in [9.17, 15) is 35.9 Å². The van der Waals surface area contributed by atoms with Crippen LogP contribution in [0.5, 0.6) is 0 Å². The van der Waals surface area contributed by atoms with Crippen molar-refractivity contribution in [1.29, 1.82) is 0 Å². The summed E-state index contributed by atoms with van der Waals surface area (Å²) in [5.41, 5.74) is -1.42. The number of carbonyl (C=O) groups is 2. The Morgan fingerprint density at radius 1 is 0.838 bits per heavy atom. The number of ether oxygens (including phenoxy) is 2. The first kappa shape index (κ1) is 32.8. The van der Waals surface area contributed by atoms with Gasteiger partial charge in [0, 0.05) is 45.8 Å². The SMILES string of the molecule is C=CCN1CCN(C(=O)OC(C)(C)C)CC1C(F)(F)F.CC(C)(C)OC(=O)N1CCNC(C(F)(F)F)C1. The normalized spacial score (nSPS) is 22.1. The number of hydrogen-bond donors (Lipinski definition) is 1. The van der Waals surface area contributed by atoms with Crippen molar-refractivity contribution in [3.05, 3.63) is 12.7 Å². The highest BCUT2D eigenvalue weighted by Crippen LogP contribution is 2.28. The van der Waals surface area contributed by atoms with E-state index in [0.29, 0.717) is 0 Å². The van der Waals surface area contributed by atoms with Crippen molar-refractivity contribution < 1.29 is 45.4 Å². The van der Waals surface area contributed by atoms with Gasteiger partial charge in [-0.25, -0.2) is 9.59 Å². The summed E-state index contributed by atoms with van der Waals surface area (Å²) in [5, 5.41) is 2.33. The lowest BCUT2D eigenvalue weighted by atomic mass is 10.1. The number of hydrogen-bond acceptors (Lipinski definition) is 6. The molecule has 2 amide bonds. The number of nitrogens with one attached hydrogen (secondary N) is 1. The third kappa shape index (κ3) is 11.8. The average molecular weight is 549 g/mol. The number of alkyl halides is 6. The molecule has 0 aliphatic carbocycles. The Bertz CT molecular complexity index is 777. The van der Waals surface area contributed by atoms with Crippen molar-refractivity contribution in [2.24, 2.45) is 0 Å². The summed E-state index contributed by atoms with van der Waals surface area (Å²) >= 11 is 0. The third-order valence-corrected chi connectivity index (χ3v) is 5.11. The molecule has 37 heavy (non-hydrogen) atoms. The summed E-state index contributed by atoms with van der Waals surface area (Å²) in [5.74, 6) is 0. The predicted octanol–water partition coefficient (Wildman–Crippen LogP) is 4.41. The van der Waals surface area contributed by atoms with Gasteiger partial charge in [-0.05, 0) is 41.5 Å². The fourth-order valence-electron chi connectivity index (χ4n) is 3.47. The molecule has 2 saturated heterocycles. The first-order chi connectivity index (χ1) is 16.6. The second kappa shape index (κ2) is 12.5. The molecule has 0 bridgehead atoms. The highest BCUT2D eigenvalue weighted by atomic mass is 19.4. The van der Waals surface area contributed by atoms with Gasteiger partial charge in [0.2, 0.25) is 0 Å². The lowest BCUT2D eigenvalue weighted by Gasteiger charge is -2.41. The Kier molecular flexibility index (Phi) is 11.1. The monoisotopic (exact) mass is 548 g/mol. The number of nitrogens with zero attached hydrogens (tertiary/aromatic N) is 3. The van der Waals surface area contributed by atoms with E-state index in [0.717, 1.165) is 9.80 Å². The van der Waals surface area contributed by atoms with Crippen molar-refractivity contribution in [2.75, 3.05) is 45.8 Å². The Labute approximate surface area is 213 Å².